The first-order chi connectivity index (χ1) is 9.06. The van der Waals surface area contributed by atoms with Crippen LogP contribution in [0.1, 0.15) is 29.9 Å². The summed E-state index contributed by atoms with van der Waals surface area (Å²) in [4.78, 5) is 0. The standard InChI is InChI=1S/C14H17BrFN3/c1-4-19-13(7-9(2)18-19)14(17-3)11-8-10(15)5-6-12(11)16/h5-8,14,17H,4H2,1-3H3. The van der Waals surface area contributed by atoms with E-state index in [2.05, 4.69) is 26.3 Å². The molecule has 2 rings (SSSR count). The van der Waals surface area contributed by atoms with Gasteiger partial charge in [0.1, 0.15) is 5.82 Å². The molecule has 0 amide bonds. The van der Waals surface area contributed by atoms with Gasteiger partial charge in [-0.15, -0.1) is 0 Å². The summed E-state index contributed by atoms with van der Waals surface area (Å²) in [5.74, 6) is -0.218. The Balaban J connectivity index is 2.52. The maximum atomic E-state index is 14.0. The van der Waals surface area contributed by atoms with Crippen molar-refractivity contribution in [3.63, 3.8) is 0 Å². The highest BCUT2D eigenvalue weighted by Crippen LogP contribution is 2.27. The first-order valence-electron chi connectivity index (χ1n) is 6.23. The predicted molar refractivity (Wildman–Crippen MR) is 77.6 cm³/mol. The van der Waals surface area contributed by atoms with Crippen molar-refractivity contribution < 1.29 is 4.39 Å². The van der Waals surface area contributed by atoms with E-state index in [1.807, 2.05) is 31.6 Å². The quantitative estimate of drug-likeness (QED) is 0.933. The van der Waals surface area contributed by atoms with Gasteiger partial charge in [-0.3, -0.25) is 4.68 Å². The van der Waals surface area contributed by atoms with Gasteiger partial charge in [-0.05, 0) is 45.2 Å². The lowest BCUT2D eigenvalue weighted by molar-refractivity contribution is 0.532. The Bertz CT molecular complexity index is 580. The Kier molecular flexibility index (Phi) is 4.37. The summed E-state index contributed by atoms with van der Waals surface area (Å²) < 4.78 is 16.8. The number of halogens is 2. The van der Waals surface area contributed by atoms with Crippen LogP contribution < -0.4 is 5.32 Å². The van der Waals surface area contributed by atoms with E-state index in [1.54, 1.807) is 12.1 Å². The summed E-state index contributed by atoms with van der Waals surface area (Å²) in [6.07, 6.45) is 0. The number of aryl methyl sites for hydroxylation is 2. The molecular formula is C14H17BrFN3. The minimum atomic E-state index is -0.218. The number of benzene rings is 1. The maximum absolute atomic E-state index is 14.0. The van der Waals surface area contributed by atoms with Crippen molar-refractivity contribution in [2.24, 2.45) is 0 Å². The lowest BCUT2D eigenvalue weighted by Crippen LogP contribution is -2.22. The first-order valence-corrected chi connectivity index (χ1v) is 7.02. The van der Waals surface area contributed by atoms with Crippen LogP contribution in [0.15, 0.2) is 28.7 Å². The fraction of sp³-hybridized carbons (Fsp3) is 0.357. The van der Waals surface area contributed by atoms with Crippen molar-refractivity contribution in [3.8, 4) is 0 Å². The molecule has 1 aromatic carbocycles. The molecule has 1 aromatic heterocycles. The Morgan fingerprint density at radius 2 is 2.16 bits per heavy atom. The van der Waals surface area contributed by atoms with Gasteiger partial charge in [0.2, 0.25) is 0 Å². The number of rotatable bonds is 4. The van der Waals surface area contributed by atoms with E-state index in [-0.39, 0.29) is 11.9 Å². The summed E-state index contributed by atoms with van der Waals surface area (Å²) in [7, 11) is 1.83. The molecule has 3 nitrogen and oxygen atoms in total. The third-order valence-electron chi connectivity index (χ3n) is 3.09. The van der Waals surface area contributed by atoms with Crippen molar-refractivity contribution >= 4 is 15.9 Å². The molecule has 1 N–H and O–H groups in total. The van der Waals surface area contributed by atoms with Gasteiger partial charge in [-0.25, -0.2) is 4.39 Å². The van der Waals surface area contributed by atoms with Crippen LogP contribution in [0.3, 0.4) is 0 Å². The van der Waals surface area contributed by atoms with Crippen LogP contribution in [0, 0.1) is 12.7 Å². The number of hydrogen-bond donors (Lipinski definition) is 1. The van der Waals surface area contributed by atoms with E-state index in [1.165, 1.54) is 6.07 Å². The van der Waals surface area contributed by atoms with Crippen molar-refractivity contribution in [3.05, 3.63) is 51.5 Å². The fourth-order valence-electron chi connectivity index (χ4n) is 2.25. The molecule has 0 aliphatic carbocycles. The third-order valence-corrected chi connectivity index (χ3v) is 3.58. The lowest BCUT2D eigenvalue weighted by atomic mass is 10.0. The van der Waals surface area contributed by atoms with Crippen molar-refractivity contribution in [2.45, 2.75) is 26.4 Å². The highest BCUT2D eigenvalue weighted by molar-refractivity contribution is 9.10. The molecule has 1 heterocycles. The van der Waals surface area contributed by atoms with Gasteiger partial charge in [-0.2, -0.15) is 5.10 Å². The van der Waals surface area contributed by atoms with E-state index < -0.39 is 0 Å². The first kappa shape index (κ1) is 14.2. The van der Waals surface area contributed by atoms with Gasteiger partial charge in [0.05, 0.1) is 17.4 Å². The van der Waals surface area contributed by atoms with Gasteiger partial charge in [-0.1, -0.05) is 15.9 Å². The average Bonchev–Trinajstić information content (AvgIpc) is 2.76. The minimum absolute atomic E-state index is 0.210. The molecule has 1 unspecified atom stereocenters. The Morgan fingerprint density at radius 3 is 2.79 bits per heavy atom. The van der Waals surface area contributed by atoms with Crippen LogP contribution in [0.5, 0.6) is 0 Å². The number of nitrogens with zero attached hydrogens (tertiary/aromatic N) is 2. The molecule has 0 spiro atoms. The van der Waals surface area contributed by atoms with Gasteiger partial charge in [0, 0.05) is 16.6 Å². The molecule has 102 valence electrons. The van der Waals surface area contributed by atoms with Crippen LogP contribution in [0.2, 0.25) is 0 Å². The fourth-order valence-corrected chi connectivity index (χ4v) is 2.63. The molecule has 19 heavy (non-hydrogen) atoms. The van der Waals surface area contributed by atoms with Crippen LogP contribution in [-0.2, 0) is 6.54 Å². The highest BCUT2D eigenvalue weighted by atomic mass is 79.9. The largest absolute Gasteiger partial charge is 0.308 e. The van der Waals surface area contributed by atoms with Crippen molar-refractivity contribution in [1.82, 2.24) is 15.1 Å². The van der Waals surface area contributed by atoms with Crippen LogP contribution >= 0.6 is 15.9 Å². The van der Waals surface area contributed by atoms with Crippen molar-refractivity contribution in [2.75, 3.05) is 7.05 Å². The summed E-state index contributed by atoms with van der Waals surface area (Å²) >= 11 is 3.39. The van der Waals surface area contributed by atoms with Gasteiger partial charge < -0.3 is 5.32 Å². The number of hydrogen-bond acceptors (Lipinski definition) is 2. The molecule has 2 aromatic rings. The van der Waals surface area contributed by atoms with Gasteiger partial charge in [0.25, 0.3) is 0 Å². The van der Waals surface area contributed by atoms with E-state index in [9.17, 15) is 4.39 Å². The Labute approximate surface area is 121 Å². The molecule has 0 aliphatic rings. The third kappa shape index (κ3) is 2.87. The summed E-state index contributed by atoms with van der Waals surface area (Å²) in [6, 6.07) is 6.76. The van der Waals surface area contributed by atoms with Crippen LogP contribution in [0.25, 0.3) is 0 Å². The summed E-state index contributed by atoms with van der Waals surface area (Å²) in [5, 5.41) is 7.59. The normalized spacial score (nSPS) is 12.7. The zero-order chi connectivity index (χ0) is 14.0. The van der Waals surface area contributed by atoms with Gasteiger partial charge in [0.15, 0.2) is 0 Å². The topological polar surface area (TPSA) is 29.9 Å². The monoisotopic (exact) mass is 325 g/mol. The SMILES string of the molecule is CCn1nc(C)cc1C(NC)c1cc(Br)ccc1F. The molecule has 0 radical (unpaired) electrons. The molecule has 0 fully saturated rings. The summed E-state index contributed by atoms with van der Waals surface area (Å²) in [6.45, 7) is 4.73. The highest BCUT2D eigenvalue weighted by Gasteiger charge is 2.20. The molecule has 1 atom stereocenters. The lowest BCUT2D eigenvalue weighted by Gasteiger charge is -2.19. The van der Waals surface area contributed by atoms with E-state index in [4.69, 9.17) is 0 Å². The zero-order valence-electron chi connectivity index (χ0n) is 11.2. The van der Waals surface area contributed by atoms with E-state index in [0.717, 1.165) is 22.4 Å². The minimum Gasteiger partial charge on any atom is -0.308 e. The summed E-state index contributed by atoms with van der Waals surface area (Å²) in [5.41, 5.74) is 2.53. The molecule has 0 saturated carbocycles. The molecule has 5 heteroatoms. The number of nitrogens with one attached hydrogen (secondary N) is 1. The molecule has 0 bridgehead atoms. The van der Waals surface area contributed by atoms with Gasteiger partial charge >= 0.3 is 0 Å². The predicted octanol–water partition coefficient (Wildman–Crippen LogP) is 3.42. The smallest absolute Gasteiger partial charge is 0.128 e. The average molecular weight is 326 g/mol. The van der Waals surface area contributed by atoms with Crippen LogP contribution in [0.4, 0.5) is 4.39 Å². The molecule has 0 aliphatic heterocycles. The van der Waals surface area contributed by atoms with Crippen molar-refractivity contribution in [1.29, 1.82) is 0 Å². The number of aromatic nitrogens is 2. The molecular weight excluding hydrogens is 309 g/mol. The zero-order valence-corrected chi connectivity index (χ0v) is 12.8. The van der Waals surface area contributed by atoms with E-state index in [0.29, 0.717) is 5.56 Å². The van der Waals surface area contributed by atoms with Crippen LogP contribution in [-0.4, -0.2) is 16.8 Å². The second-order valence-corrected chi connectivity index (χ2v) is 5.33. The molecule has 0 saturated heterocycles. The second-order valence-electron chi connectivity index (χ2n) is 4.41. The maximum Gasteiger partial charge on any atom is 0.128 e. The van der Waals surface area contributed by atoms with E-state index >= 15 is 0 Å². The second kappa shape index (κ2) is 5.84. The Hall–Kier alpha value is -1.20. The Morgan fingerprint density at radius 1 is 1.42 bits per heavy atom.